The van der Waals surface area contributed by atoms with Crippen molar-refractivity contribution in [2.75, 3.05) is 34.8 Å². The van der Waals surface area contributed by atoms with Gasteiger partial charge in [0.2, 0.25) is 5.95 Å². The van der Waals surface area contributed by atoms with Crippen LogP contribution in [0.2, 0.25) is 0 Å². The lowest BCUT2D eigenvalue weighted by Crippen LogP contribution is -2.53. The second-order valence-electron chi connectivity index (χ2n) is 7.85. The van der Waals surface area contributed by atoms with E-state index in [4.69, 9.17) is 0 Å². The Balaban J connectivity index is 1.20. The number of aromatic nitrogens is 4. The zero-order chi connectivity index (χ0) is 22.6. The number of pyridine rings is 2. The number of carbonyl (C=O) groups excluding carboxylic acids is 1. The molecule has 0 spiro atoms. The van der Waals surface area contributed by atoms with Crippen molar-refractivity contribution in [3.05, 3.63) is 77.5 Å². The van der Waals surface area contributed by atoms with Gasteiger partial charge in [0, 0.05) is 49.0 Å². The molecular formula is C24H23N7OS. The first-order valence-electron chi connectivity index (χ1n) is 10.7. The van der Waals surface area contributed by atoms with E-state index in [0.29, 0.717) is 17.2 Å². The lowest BCUT2D eigenvalue weighted by Gasteiger charge is -2.40. The number of piperazine rings is 1. The molecule has 0 aromatic carbocycles. The molecule has 1 amide bonds. The third-order valence-corrected chi connectivity index (χ3v) is 6.28. The molecule has 4 aromatic heterocycles. The minimum Gasteiger partial charge on any atom is -0.353 e. The van der Waals surface area contributed by atoms with E-state index in [1.807, 2.05) is 47.3 Å². The summed E-state index contributed by atoms with van der Waals surface area (Å²) in [5.74, 6) is 1.40. The highest BCUT2D eigenvalue weighted by molar-refractivity contribution is 7.08. The molecule has 1 fully saturated rings. The summed E-state index contributed by atoms with van der Waals surface area (Å²) in [6.07, 6.45) is 6.69. The summed E-state index contributed by atoms with van der Waals surface area (Å²) < 4.78 is 0. The highest BCUT2D eigenvalue weighted by Gasteiger charge is 2.26. The number of carbonyl (C=O) groups is 1. The van der Waals surface area contributed by atoms with Crippen molar-refractivity contribution in [3.8, 4) is 11.3 Å². The van der Waals surface area contributed by atoms with E-state index < -0.39 is 0 Å². The summed E-state index contributed by atoms with van der Waals surface area (Å²) in [5.41, 5.74) is 2.92. The first-order chi connectivity index (χ1) is 16.2. The number of rotatable bonds is 5. The fourth-order valence-electron chi connectivity index (χ4n) is 3.85. The van der Waals surface area contributed by atoms with Gasteiger partial charge in [-0.15, -0.1) is 0 Å². The van der Waals surface area contributed by atoms with Crippen LogP contribution in [0.4, 0.5) is 17.5 Å². The van der Waals surface area contributed by atoms with Crippen molar-refractivity contribution in [1.82, 2.24) is 19.9 Å². The smallest absolute Gasteiger partial charge is 0.257 e. The van der Waals surface area contributed by atoms with Gasteiger partial charge in [0.25, 0.3) is 5.91 Å². The van der Waals surface area contributed by atoms with Crippen LogP contribution < -0.4 is 15.1 Å². The summed E-state index contributed by atoms with van der Waals surface area (Å²) in [6, 6.07) is 11.8. The molecule has 1 aliphatic heterocycles. The van der Waals surface area contributed by atoms with Crippen molar-refractivity contribution in [2.24, 2.45) is 0 Å². The predicted octanol–water partition coefficient (Wildman–Crippen LogP) is 3.96. The Hall–Kier alpha value is -3.85. The summed E-state index contributed by atoms with van der Waals surface area (Å²) in [7, 11) is 0. The maximum absolute atomic E-state index is 12.6. The zero-order valence-electron chi connectivity index (χ0n) is 18.1. The Morgan fingerprint density at radius 3 is 2.58 bits per heavy atom. The average Bonchev–Trinajstić information content (AvgIpc) is 3.40. The first-order valence-corrected chi connectivity index (χ1v) is 11.7. The number of amides is 1. The van der Waals surface area contributed by atoms with Crippen LogP contribution in [0, 0.1) is 0 Å². The summed E-state index contributed by atoms with van der Waals surface area (Å²) in [5, 5.41) is 6.88. The van der Waals surface area contributed by atoms with E-state index in [-0.39, 0.29) is 11.9 Å². The molecule has 0 bridgehead atoms. The maximum atomic E-state index is 12.6. The Morgan fingerprint density at radius 2 is 1.91 bits per heavy atom. The molecule has 1 saturated heterocycles. The molecule has 9 heteroatoms. The number of hydrogen-bond donors (Lipinski definition) is 1. The molecule has 5 rings (SSSR count). The van der Waals surface area contributed by atoms with Gasteiger partial charge in [-0.1, -0.05) is 6.07 Å². The van der Waals surface area contributed by atoms with Crippen molar-refractivity contribution < 1.29 is 4.79 Å². The van der Waals surface area contributed by atoms with Gasteiger partial charge < -0.3 is 15.1 Å². The van der Waals surface area contributed by atoms with Crippen molar-refractivity contribution >= 4 is 34.7 Å². The van der Waals surface area contributed by atoms with Crippen LogP contribution in [-0.2, 0) is 0 Å². The molecule has 5 heterocycles. The monoisotopic (exact) mass is 457 g/mol. The van der Waals surface area contributed by atoms with Gasteiger partial charge in [-0.05, 0) is 42.6 Å². The van der Waals surface area contributed by atoms with E-state index in [1.165, 1.54) is 0 Å². The standard InChI is InChI=1S/C24H23N7OS/c1-17-15-30(22-4-2-3-8-25-22)9-10-31(17)24-27-13-20(14-28-24)29-23(32)18-5-6-21(26-12-18)19-7-11-33-16-19/h2-8,11-14,16-17H,9-10,15H2,1H3,(H,29,32)/t17-/m0/s1. The van der Waals surface area contributed by atoms with Crippen molar-refractivity contribution in [3.63, 3.8) is 0 Å². The lowest BCUT2D eigenvalue weighted by molar-refractivity contribution is 0.102. The highest BCUT2D eigenvalue weighted by Crippen LogP contribution is 2.22. The molecule has 1 atom stereocenters. The van der Waals surface area contributed by atoms with Gasteiger partial charge in [0.05, 0.1) is 29.3 Å². The minimum absolute atomic E-state index is 0.231. The Morgan fingerprint density at radius 1 is 1.03 bits per heavy atom. The summed E-state index contributed by atoms with van der Waals surface area (Å²) in [4.78, 5) is 34.9. The lowest BCUT2D eigenvalue weighted by atomic mass is 10.2. The Bertz CT molecular complexity index is 1200. The van der Waals surface area contributed by atoms with E-state index in [0.717, 1.165) is 36.7 Å². The van der Waals surface area contributed by atoms with Gasteiger partial charge in [-0.3, -0.25) is 9.78 Å². The van der Waals surface area contributed by atoms with Crippen LogP contribution in [0.15, 0.2) is 71.9 Å². The van der Waals surface area contributed by atoms with Crippen LogP contribution in [0.3, 0.4) is 0 Å². The van der Waals surface area contributed by atoms with E-state index >= 15 is 0 Å². The molecule has 0 radical (unpaired) electrons. The van der Waals surface area contributed by atoms with Crippen LogP contribution in [0.25, 0.3) is 11.3 Å². The van der Waals surface area contributed by atoms with E-state index in [9.17, 15) is 4.79 Å². The van der Waals surface area contributed by atoms with Gasteiger partial charge in [0.15, 0.2) is 0 Å². The molecule has 33 heavy (non-hydrogen) atoms. The average molecular weight is 458 g/mol. The molecule has 166 valence electrons. The van der Waals surface area contributed by atoms with Crippen LogP contribution in [0.5, 0.6) is 0 Å². The second kappa shape index (κ2) is 9.33. The fraction of sp³-hybridized carbons (Fsp3) is 0.208. The molecule has 1 N–H and O–H groups in total. The molecule has 8 nitrogen and oxygen atoms in total. The van der Waals surface area contributed by atoms with Crippen molar-refractivity contribution in [2.45, 2.75) is 13.0 Å². The number of hydrogen-bond acceptors (Lipinski definition) is 8. The van der Waals surface area contributed by atoms with Gasteiger partial charge >= 0.3 is 0 Å². The normalized spacial score (nSPS) is 16.0. The summed E-state index contributed by atoms with van der Waals surface area (Å²) >= 11 is 1.62. The number of thiophene rings is 1. The molecule has 0 aliphatic carbocycles. The van der Waals surface area contributed by atoms with E-state index in [2.05, 4.69) is 42.0 Å². The van der Waals surface area contributed by atoms with Crippen LogP contribution in [-0.4, -0.2) is 51.5 Å². The molecule has 4 aromatic rings. The number of nitrogens with zero attached hydrogens (tertiary/aromatic N) is 6. The molecule has 1 aliphatic rings. The first kappa shape index (κ1) is 21.0. The topological polar surface area (TPSA) is 87.1 Å². The number of anilines is 3. The molecular weight excluding hydrogens is 434 g/mol. The maximum Gasteiger partial charge on any atom is 0.257 e. The van der Waals surface area contributed by atoms with Crippen LogP contribution in [0.1, 0.15) is 17.3 Å². The number of nitrogens with one attached hydrogen (secondary N) is 1. The quantitative estimate of drug-likeness (QED) is 0.485. The van der Waals surface area contributed by atoms with Gasteiger partial charge in [0.1, 0.15) is 5.82 Å². The fourth-order valence-corrected chi connectivity index (χ4v) is 4.50. The minimum atomic E-state index is -0.243. The largest absolute Gasteiger partial charge is 0.353 e. The molecule has 0 unspecified atom stereocenters. The SMILES string of the molecule is C[C@H]1CN(c2ccccn2)CCN1c1ncc(NC(=O)c2ccc(-c3ccsc3)nc2)cn1. The zero-order valence-corrected chi connectivity index (χ0v) is 18.9. The third-order valence-electron chi connectivity index (χ3n) is 5.60. The third kappa shape index (κ3) is 4.68. The Kier molecular flexibility index (Phi) is 5.95. The predicted molar refractivity (Wildman–Crippen MR) is 131 cm³/mol. The summed E-state index contributed by atoms with van der Waals surface area (Å²) in [6.45, 7) is 4.64. The van der Waals surface area contributed by atoms with Gasteiger partial charge in [-0.2, -0.15) is 11.3 Å². The Labute approximate surface area is 196 Å². The van der Waals surface area contributed by atoms with Crippen LogP contribution >= 0.6 is 11.3 Å². The van der Waals surface area contributed by atoms with Crippen molar-refractivity contribution in [1.29, 1.82) is 0 Å². The molecule has 0 saturated carbocycles. The van der Waals surface area contributed by atoms with E-state index in [1.54, 1.807) is 36.0 Å². The van der Waals surface area contributed by atoms with Gasteiger partial charge in [-0.25, -0.2) is 15.0 Å². The second-order valence-corrected chi connectivity index (χ2v) is 8.63. The highest BCUT2D eigenvalue weighted by atomic mass is 32.1.